The molecule has 2 aromatic rings. The third-order valence-corrected chi connectivity index (χ3v) is 4.29. The van der Waals surface area contributed by atoms with E-state index in [9.17, 15) is 0 Å². The molecule has 4 heteroatoms. The van der Waals surface area contributed by atoms with E-state index in [0.717, 1.165) is 17.8 Å². The van der Waals surface area contributed by atoms with Crippen molar-refractivity contribution in [3.8, 4) is 11.4 Å². The summed E-state index contributed by atoms with van der Waals surface area (Å²) in [5, 5.41) is 0. The summed E-state index contributed by atoms with van der Waals surface area (Å²) < 4.78 is 0. The molecule has 2 N–H and O–H groups in total. The molecule has 0 radical (unpaired) electrons. The van der Waals surface area contributed by atoms with Gasteiger partial charge >= 0.3 is 0 Å². The molecule has 1 aliphatic heterocycles. The molecule has 4 nitrogen and oxygen atoms in total. The Balaban J connectivity index is 2.02. The predicted octanol–water partition coefficient (Wildman–Crippen LogP) is 3.49. The second-order valence-electron chi connectivity index (χ2n) is 5.74. The summed E-state index contributed by atoms with van der Waals surface area (Å²) in [5.41, 5.74) is 7.02. The Morgan fingerprint density at radius 3 is 2.67 bits per heavy atom. The van der Waals surface area contributed by atoms with Gasteiger partial charge in [-0.1, -0.05) is 37.3 Å². The molecule has 1 aromatic heterocycles. The van der Waals surface area contributed by atoms with Crippen molar-refractivity contribution in [2.45, 2.75) is 45.2 Å². The van der Waals surface area contributed by atoms with E-state index in [2.05, 4.69) is 23.7 Å². The summed E-state index contributed by atoms with van der Waals surface area (Å²) in [6.07, 6.45) is 3.57. The third kappa shape index (κ3) is 2.71. The molecule has 0 aliphatic carbocycles. The van der Waals surface area contributed by atoms with Gasteiger partial charge in [0.1, 0.15) is 11.6 Å². The molecular formula is C17H22N4. The van der Waals surface area contributed by atoms with Gasteiger partial charge in [0.05, 0.1) is 0 Å². The Kier molecular flexibility index (Phi) is 3.78. The van der Waals surface area contributed by atoms with Crippen molar-refractivity contribution < 1.29 is 0 Å². The second-order valence-corrected chi connectivity index (χ2v) is 5.74. The number of nitrogens with zero attached hydrogens (tertiary/aromatic N) is 3. The zero-order valence-electron chi connectivity index (χ0n) is 12.7. The lowest BCUT2D eigenvalue weighted by Gasteiger charge is -2.29. The van der Waals surface area contributed by atoms with Crippen LogP contribution in [0.1, 0.15) is 33.1 Å². The number of nitrogen functional groups attached to an aromatic ring is 1. The van der Waals surface area contributed by atoms with Crippen molar-refractivity contribution in [2.24, 2.45) is 0 Å². The van der Waals surface area contributed by atoms with E-state index in [1.165, 1.54) is 12.8 Å². The lowest BCUT2D eigenvalue weighted by atomic mass is 10.1. The van der Waals surface area contributed by atoms with E-state index in [4.69, 9.17) is 10.7 Å². The zero-order chi connectivity index (χ0) is 14.8. The zero-order valence-corrected chi connectivity index (χ0v) is 12.7. The van der Waals surface area contributed by atoms with Crippen LogP contribution in [-0.4, -0.2) is 22.1 Å². The van der Waals surface area contributed by atoms with Crippen LogP contribution in [0.5, 0.6) is 0 Å². The molecule has 0 spiro atoms. The fraction of sp³-hybridized carbons (Fsp3) is 0.412. The molecule has 3 rings (SSSR count). The fourth-order valence-corrected chi connectivity index (χ4v) is 3.19. The van der Waals surface area contributed by atoms with Gasteiger partial charge in [-0.15, -0.1) is 0 Å². The number of hydrogen-bond donors (Lipinski definition) is 1. The van der Waals surface area contributed by atoms with Gasteiger partial charge in [-0.25, -0.2) is 9.97 Å². The predicted molar refractivity (Wildman–Crippen MR) is 87.1 cm³/mol. The maximum atomic E-state index is 6.02. The number of benzene rings is 1. The molecule has 1 fully saturated rings. The first kappa shape index (κ1) is 13.9. The Morgan fingerprint density at radius 2 is 1.95 bits per heavy atom. The van der Waals surface area contributed by atoms with Gasteiger partial charge in [-0.3, -0.25) is 0 Å². The maximum absolute atomic E-state index is 6.02. The first-order valence-electron chi connectivity index (χ1n) is 7.67. The van der Waals surface area contributed by atoms with Gasteiger partial charge in [-0.2, -0.15) is 0 Å². The van der Waals surface area contributed by atoms with Gasteiger partial charge in [0.25, 0.3) is 0 Å². The SMILES string of the molecule is CCC1CCC(C)N1c1cc(N)nc(-c2ccccc2)n1. The highest BCUT2D eigenvalue weighted by molar-refractivity contribution is 5.61. The van der Waals surface area contributed by atoms with E-state index >= 15 is 0 Å². The molecule has 2 heterocycles. The number of anilines is 2. The van der Waals surface area contributed by atoms with Gasteiger partial charge in [0.15, 0.2) is 5.82 Å². The Hall–Kier alpha value is -2.10. The standard InChI is InChI=1S/C17H22N4/c1-3-14-10-9-12(2)21(14)16-11-15(18)19-17(20-16)13-7-5-4-6-8-13/h4-8,11-12,14H,3,9-10H2,1-2H3,(H2,18,19,20). The van der Waals surface area contributed by atoms with E-state index in [-0.39, 0.29) is 0 Å². The van der Waals surface area contributed by atoms with Crippen LogP contribution in [0.15, 0.2) is 36.4 Å². The first-order valence-corrected chi connectivity index (χ1v) is 7.67. The van der Waals surface area contributed by atoms with Crippen LogP contribution in [0.4, 0.5) is 11.6 Å². The Bertz CT molecular complexity index is 611. The van der Waals surface area contributed by atoms with E-state index in [1.54, 1.807) is 0 Å². The Morgan fingerprint density at radius 1 is 1.19 bits per heavy atom. The van der Waals surface area contributed by atoms with Crippen LogP contribution >= 0.6 is 0 Å². The average molecular weight is 282 g/mol. The number of aromatic nitrogens is 2. The van der Waals surface area contributed by atoms with Crippen LogP contribution in [0, 0.1) is 0 Å². The third-order valence-electron chi connectivity index (χ3n) is 4.29. The van der Waals surface area contributed by atoms with E-state index < -0.39 is 0 Å². The van der Waals surface area contributed by atoms with Crippen molar-refractivity contribution >= 4 is 11.6 Å². The molecule has 2 atom stereocenters. The number of hydrogen-bond acceptors (Lipinski definition) is 4. The molecule has 110 valence electrons. The lowest BCUT2D eigenvalue weighted by Crippen LogP contribution is -2.35. The molecule has 21 heavy (non-hydrogen) atoms. The largest absolute Gasteiger partial charge is 0.384 e. The monoisotopic (exact) mass is 282 g/mol. The summed E-state index contributed by atoms with van der Waals surface area (Å²) in [7, 11) is 0. The van der Waals surface area contributed by atoms with Gasteiger partial charge in [-0.05, 0) is 26.2 Å². The number of nitrogens with two attached hydrogens (primary N) is 1. The molecule has 0 bridgehead atoms. The van der Waals surface area contributed by atoms with Gasteiger partial charge in [0.2, 0.25) is 0 Å². The van der Waals surface area contributed by atoms with Gasteiger partial charge < -0.3 is 10.6 Å². The molecular weight excluding hydrogens is 260 g/mol. The topological polar surface area (TPSA) is 55.0 Å². The van der Waals surface area contributed by atoms with Crippen molar-refractivity contribution in [3.63, 3.8) is 0 Å². The fourth-order valence-electron chi connectivity index (χ4n) is 3.19. The van der Waals surface area contributed by atoms with E-state index in [1.807, 2.05) is 36.4 Å². The highest BCUT2D eigenvalue weighted by Gasteiger charge is 2.30. The average Bonchev–Trinajstić information content (AvgIpc) is 2.88. The molecule has 1 aliphatic rings. The van der Waals surface area contributed by atoms with E-state index in [0.29, 0.717) is 23.7 Å². The molecule has 1 aromatic carbocycles. The normalized spacial score (nSPS) is 21.7. The molecule has 0 amide bonds. The Labute approximate surface area is 126 Å². The van der Waals surface area contributed by atoms with Crippen LogP contribution < -0.4 is 10.6 Å². The summed E-state index contributed by atoms with van der Waals surface area (Å²) in [5.74, 6) is 2.20. The first-order chi connectivity index (χ1) is 10.2. The minimum atomic E-state index is 0.507. The van der Waals surface area contributed by atoms with Crippen molar-refractivity contribution in [1.82, 2.24) is 9.97 Å². The summed E-state index contributed by atoms with van der Waals surface area (Å²) in [6.45, 7) is 4.49. The molecule has 2 unspecified atom stereocenters. The lowest BCUT2D eigenvalue weighted by molar-refractivity contribution is 0.621. The highest BCUT2D eigenvalue weighted by Crippen LogP contribution is 2.32. The van der Waals surface area contributed by atoms with Gasteiger partial charge in [0, 0.05) is 23.7 Å². The molecule has 0 saturated carbocycles. The number of rotatable bonds is 3. The van der Waals surface area contributed by atoms with Crippen molar-refractivity contribution in [2.75, 3.05) is 10.6 Å². The van der Waals surface area contributed by atoms with Crippen LogP contribution in [0.25, 0.3) is 11.4 Å². The summed E-state index contributed by atoms with van der Waals surface area (Å²) in [4.78, 5) is 11.6. The van der Waals surface area contributed by atoms with Crippen LogP contribution in [0.3, 0.4) is 0 Å². The summed E-state index contributed by atoms with van der Waals surface area (Å²) >= 11 is 0. The molecule has 1 saturated heterocycles. The smallest absolute Gasteiger partial charge is 0.163 e. The quantitative estimate of drug-likeness (QED) is 0.936. The second kappa shape index (κ2) is 5.72. The minimum Gasteiger partial charge on any atom is -0.384 e. The minimum absolute atomic E-state index is 0.507. The highest BCUT2D eigenvalue weighted by atomic mass is 15.3. The van der Waals surface area contributed by atoms with Crippen molar-refractivity contribution in [1.29, 1.82) is 0 Å². The van der Waals surface area contributed by atoms with Crippen LogP contribution in [0.2, 0.25) is 0 Å². The summed E-state index contributed by atoms with van der Waals surface area (Å²) in [6, 6.07) is 13.0. The maximum Gasteiger partial charge on any atom is 0.163 e. The van der Waals surface area contributed by atoms with Crippen LogP contribution in [-0.2, 0) is 0 Å². The van der Waals surface area contributed by atoms with Crippen molar-refractivity contribution in [3.05, 3.63) is 36.4 Å².